The average Bonchev–Trinajstić information content (AvgIpc) is 3.38. The van der Waals surface area contributed by atoms with Gasteiger partial charge in [0, 0.05) is 27.6 Å². The van der Waals surface area contributed by atoms with E-state index in [4.69, 9.17) is 21.1 Å². The van der Waals surface area contributed by atoms with E-state index in [1.54, 1.807) is 35.7 Å². The topological polar surface area (TPSA) is 67.2 Å². The molecule has 1 aliphatic rings. The number of anilines is 1. The standard InChI is InChI=1S/C21H17ClF3N3O3S/c1-30-14-7-8-15(18(9-14)31-2)16-10-20(29,21(23,24)25)28(27-16)19-26-17(11-32-19)12-3-5-13(22)6-4-12/h3-9,11,29H,10H2,1-2H3/t20-/m1/s1. The summed E-state index contributed by atoms with van der Waals surface area (Å²) in [5.74, 6) is 0.745. The van der Waals surface area contributed by atoms with Crippen LogP contribution in [0.15, 0.2) is 52.9 Å². The Morgan fingerprint density at radius 3 is 2.47 bits per heavy atom. The summed E-state index contributed by atoms with van der Waals surface area (Å²) in [7, 11) is 2.85. The van der Waals surface area contributed by atoms with Crippen molar-refractivity contribution in [3.05, 3.63) is 58.4 Å². The van der Waals surface area contributed by atoms with Gasteiger partial charge in [-0.2, -0.15) is 23.3 Å². The highest BCUT2D eigenvalue weighted by atomic mass is 35.5. The van der Waals surface area contributed by atoms with Crippen LogP contribution in [0, 0.1) is 0 Å². The number of ether oxygens (including phenoxy) is 2. The number of rotatable bonds is 5. The summed E-state index contributed by atoms with van der Waals surface area (Å²) in [4.78, 5) is 4.28. The van der Waals surface area contributed by atoms with Crippen LogP contribution in [0.25, 0.3) is 11.3 Å². The quantitative estimate of drug-likeness (QED) is 0.530. The van der Waals surface area contributed by atoms with Gasteiger partial charge < -0.3 is 14.6 Å². The lowest BCUT2D eigenvalue weighted by atomic mass is 10.00. The molecule has 2 aromatic carbocycles. The van der Waals surface area contributed by atoms with Crippen molar-refractivity contribution in [2.75, 3.05) is 19.2 Å². The van der Waals surface area contributed by atoms with Gasteiger partial charge in [0.05, 0.1) is 32.0 Å². The first-order valence-corrected chi connectivity index (χ1v) is 10.5. The number of hydrogen-bond acceptors (Lipinski definition) is 7. The molecule has 1 N–H and O–H groups in total. The van der Waals surface area contributed by atoms with Crippen molar-refractivity contribution in [1.29, 1.82) is 0 Å². The summed E-state index contributed by atoms with van der Waals surface area (Å²) in [6, 6.07) is 11.4. The Labute approximate surface area is 190 Å². The maximum absolute atomic E-state index is 14.0. The molecule has 0 bridgehead atoms. The summed E-state index contributed by atoms with van der Waals surface area (Å²) >= 11 is 6.83. The van der Waals surface area contributed by atoms with Crippen molar-refractivity contribution in [2.45, 2.75) is 18.3 Å². The molecule has 0 fully saturated rings. The van der Waals surface area contributed by atoms with Gasteiger partial charge in [-0.25, -0.2) is 4.98 Å². The van der Waals surface area contributed by atoms with Crippen LogP contribution in [0.2, 0.25) is 5.02 Å². The fraction of sp³-hybridized carbons (Fsp3) is 0.238. The predicted octanol–water partition coefficient (Wildman–Crippen LogP) is 5.35. The summed E-state index contributed by atoms with van der Waals surface area (Å²) in [6.45, 7) is 0. The highest BCUT2D eigenvalue weighted by Crippen LogP contribution is 2.46. The average molecular weight is 484 g/mol. The van der Waals surface area contributed by atoms with Crippen LogP contribution in [-0.2, 0) is 0 Å². The van der Waals surface area contributed by atoms with Crippen molar-refractivity contribution >= 4 is 33.8 Å². The molecule has 0 aliphatic carbocycles. The second kappa shape index (κ2) is 8.27. The van der Waals surface area contributed by atoms with E-state index in [0.29, 0.717) is 32.6 Å². The lowest BCUT2D eigenvalue weighted by Crippen LogP contribution is -2.55. The third-order valence-corrected chi connectivity index (χ3v) is 6.04. The molecule has 0 unspecified atom stereocenters. The molecule has 0 radical (unpaired) electrons. The number of hydrogen-bond donors (Lipinski definition) is 1. The molecule has 1 atom stereocenters. The van der Waals surface area contributed by atoms with Crippen LogP contribution >= 0.6 is 22.9 Å². The van der Waals surface area contributed by atoms with Gasteiger partial charge in [-0.15, -0.1) is 11.3 Å². The molecule has 11 heteroatoms. The van der Waals surface area contributed by atoms with E-state index in [1.165, 1.54) is 26.4 Å². The summed E-state index contributed by atoms with van der Waals surface area (Å²) < 4.78 is 52.4. The molecular weight excluding hydrogens is 467 g/mol. The first kappa shape index (κ1) is 22.4. The van der Waals surface area contributed by atoms with Crippen molar-refractivity contribution in [1.82, 2.24) is 4.98 Å². The number of hydrazone groups is 1. The molecule has 0 saturated carbocycles. The van der Waals surface area contributed by atoms with E-state index in [2.05, 4.69) is 10.1 Å². The number of benzene rings is 2. The molecule has 0 spiro atoms. The largest absolute Gasteiger partial charge is 0.497 e. The lowest BCUT2D eigenvalue weighted by Gasteiger charge is -2.32. The number of nitrogens with zero attached hydrogens (tertiary/aromatic N) is 3. The highest BCUT2D eigenvalue weighted by molar-refractivity contribution is 7.14. The minimum Gasteiger partial charge on any atom is -0.497 e. The smallest absolute Gasteiger partial charge is 0.438 e. The second-order valence-electron chi connectivity index (χ2n) is 6.94. The monoisotopic (exact) mass is 483 g/mol. The third kappa shape index (κ3) is 3.89. The zero-order valence-electron chi connectivity index (χ0n) is 16.9. The first-order valence-electron chi connectivity index (χ1n) is 9.27. The Morgan fingerprint density at radius 2 is 1.84 bits per heavy atom. The fourth-order valence-electron chi connectivity index (χ4n) is 3.27. The Kier molecular flexibility index (Phi) is 5.78. The molecule has 32 heavy (non-hydrogen) atoms. The first-order chi connectivity index (χ1) is 15.2. The number of thiazole rings is 1. The van der Waals surface area contributed by atoms with Crippen molar-refractivity contribution in [3.63, 3.8) is 0 Å². The minimum absolute atomic E-state index is 0.00701. The van der Waals surface area contributed by atoms with E-state index >= 15 is 0 Å². The number of aliphatic hydroxyl groups is 1. The van der Waals surface area contributed by atoms with Gasteiger partial charge in [0.1, 0.15) is 11.5 Å². The van der Waals surface area contributed by atoms with Gasteiger partial charge in [-0.05, 0) is 24.3 Å². The normalized spacial score (nSPS) is 18.6. The van der Waals surface area contributed by atoms with Gasteiger partial charge in [0.2, 0.25) is 5.13 Å². The zero-order chi connectivity index (χ0) is 23.1. The number of halogens is 4. The van der Waals surface area contributed by atoms with Gasteiger partial charge in [0.25, 0.3) is 5.72 Å². The maximum atomic E-state index is 14.0. The fourth-order valence-corrected chi connectivity index (χ4v) is 4.24. The van der Waals surface area contributed by atoms with E-state index < -0.39 is 18.3 Å². The number of methoxy groups -OCH3 is 2. The Balaban J connectivity index is 1.77. The van der Waals surface area contributed by atoms with Crippen LogP contribution in [0.4, 0.5) is 18.3 Å². The minimum atomic E-state index is -5.00. The van der Waals surface area contributed by atoms with Gasteiger partial charge in [0.15, 0.2) is 0 Å². The van der Waals surface area contributed by atoms with E-state index in [9.17, 15) is 18.3 Å². The Bertz CT molecular complexity index is 1170. The predicted molar refractivity (Wildman–Crippen MR) is 117 cm³/mol. The van der Waals surface area contributed by atoms with Gasteiger partial charge >= 0.3 is 6.18 Å². The molecule has 1 aromatic heterocycles. The third-order valence-electron chi connectivity index (χ3n) is 4.97. The van der Waals surface area contributed by atoms with E-state index in [0.717, 1.165) is 11.3 Å². The van der Waals surface area contributed by atoms with Crippen LogP contribution in [0.5, 0.6) is 11.5 Å². The van der Waals surface area contributed by atoms with Crippen molar-refractivity contribution < 1.29 is 27.8 Å². The number of alkyl halides is 3. The molecule has 6 nitrogen and oxygen atoms in total. The lowest BCUT2D eigenvalue weighted by molar-refractivity contribution is -0.254. The molecule has 2 heterocycles. The number of aromatic nitrogens is 1. The molecule has 4 rings (SSSR count). The molecular formula is C21H17ClF3N3O3S. The Morgan fingerprint density at radius 1 is 1.12 bits per heavy atom. The van der Waals surface area contributed by atoms with Crippen molar-refractivity contribution in [2.24, 2.45) is 5.10 Å². The highest BCUT2D eigenvalue weighted by Gasteiger charge is 2.62. The van der Waals surface area contributed by atoms with Gasteiger partial charge in [-0.3, -0.25) is 0 Å². The molecule has 0 amide bonds. The summed E-state index contributed by atoms with van der Waals surface area (Å²) in [5, 5.41) is 17.4. The molecule has 0 saturated heterocycles. The molecule has 3 aromatic rings. The zero-order valence-corrected chi connectivity index (χ0v) is 18.4. The van der Waals surface area contributed by atoms with Crippen LogP contribution in [0.3, 0.4) is 0 Å². The molecule has 168 valence electrons. The Hall–Kier alpha value is -2.82. The van der Waals surface area contributed by atoms with E-state index in [1.807, 2.05) is 0 Å². The van der Waals surface area contributed by atoms with Crippen LogP contribution < -0.4 is 14.5 Å². The van der Waals surface area contributed by atoms with E-state index in [-0.39, 0.29) is 16.6 Å². The SMILES string of the molecule is COc1ccc(C2=NN(c3nc(-c4ccc(Cl)cc4)cs3)[C@](O)(C(F)(F)F)C2)c(OC)c1. The van der Waals surface area contributed by atoms with Crippen LogP contribution in [-0.4, -0.2) is 41.9 Å². The summed E-state index contributed by atoms with van der Waals surface area (Å²) in [6.07, 6.45) is -5.79. The molecule has 1 aliphatic heterocycles. The van der Waals surface area contributed by atoms with Gasteiger partial charge in [-0.1, -0.05) is 23.7 Å². The van der Waals surface area contributed by atoms with Crippen molar-refractivity contribution in [3.8, 4) is 22.8 Å². The van der Waals surface area contributed by atoms with Crippen LogP contribution in [0.1, 0.15) is 12.0 Å². The summed E-state index contributed by atoms with van der Waals surface area (Å²) in [5.41, 5.74) is -1.83. The second-order valence-corrected chi connectivity index (χ2v) is 8.21. The maximum Gasteiger partial charge on any atom is 0.438 e.